The molecule has 2 aromatic heterocycles. The highest BCUT2D eigenvalue weighted by atomic mass is 32.2. The summed E-state index contributed by atoms with van der Waals surface area (Å²) in [5.74, 6) is -0.389. The van der Waals surface area contributed by atoms with E-state index >= 15 is 0 Å². The van der Waals surface area contributed by atoms with Crippen LogP contribution in [-0.4, -0.2) is 50.4 Å². The van der Waals surface area contributed by atoms with Crippen LogP contribution in [0.1, 0.15) is 39.1 Å². The molecule has 2 amide bonds. The van der Waals surface area contributed by atoms with Gasteiger partial charge in [0.1, 0.15) is 0 Å². The number of rotatable bonds is 9. The summed E-state index contributed by atoms with van der Waals surface area (Å²) in [5, 5.41) is 6.02. The van der Waals surface area contributed by atoms with E-state index in [1.54, 1.807) is 32.0 Å². The standard InChI is InChI=1S/C17H23N3O5S2/c1-4-27(23,24)20(3)9-6-8-18-17(22)15-12(2)11-14(26-15)19-16(21)13-7-5-10-25-13/h5,7,10-11H,4,6,8-9H2,1-3H3,(H,18,22)(H,19,21). The number of furan rings is 1. The Morgan fingerprint density at radius 3 is 2.67 bits per heavy atom. The molecule has 0 bridgehead atoms. The van der Waals surface area contributed by atoms with Crippen molar-refractivity contribution in [2.45, 2.75) is 20.3 Å². The molecule has 0 aliphatic heterocycles. The fraction of sp³-hybridized carbons (Fsp3) is 0.412. The van der Waals surface area contributed by atoms with Crippen molar-refractivity contribution >= 4 is 38.2 Å². The molecule has 2 N–H and O–H groups in total. The molecule has 148 valence electrons. The Morgan fingerprint density at radius 2 is 2.04 bits per heavy atom. The van der Waals surface area contributed by atoms with Crippen LogP contribution in [0.4, 0.5) is 5.00 Å². The Labute approximate surface area is 162 Å². The molecule has 0 fully saturated rings. The summed E-state index contributed by atoms with van der Waals surface area (Å²) >= 11 is 1.17. The number of sulfonamides is 1. The van der Waals surface area contributed by atoms with Crippen LogP contribution in [0.2, 0.25) is 0 Å². The number of hydrogen-bond acceptors (Lipinski definition) is 6. The maximum absolute atomic E-state index is 12.3. The molecule has 0 atom stereocenters. The van der Waals surface area contributed by atoms with Gasteiger partial charge in [0, 0.05) is 20.1 Å². The lowest BCUT2D eigenvalue weighted by Gasteiger charge is -2.15. The van der Waals surface area contributed by atoms with Gasteiger partial charge in [-0.2, -0.15) is 0 Å². The quantitative estimate of drug-likeness (QED) is 0.613. The SMILES string of the molecule is CCS(=O)(=O)N(C)CCCNC(=O)c1sc(NC(=O)c2ccco2)cc1C. The number of anilines is 1. The maximum Gasteiger partial charge on any atom is 0.291 e. The second-order valence-electron chi connectivity index (χ2n) is 5.89. The molecule has 0 spiro atoms. The van der Waals surface area contributed by atoms with Gasteiger partial charge in [-0.3, -0.25) is 9.59 Å². The number of carbonyl (C=O) groups is 2. The van der Waals surface area contributed by atoms with Gasteiger partial charge in [0.15, 0.2) is 5.76 Å². The zero-order valence-electron chi connectivity index (χ0n) is 15.4. The minimum Gasteiger partial charge on any atom is -0.459 e. The van der Waals surface area contributed by atoms with Gasteiger partial charge in [0.2, 0.25) is 10.0 Å². The second-order valence-corrected chi connectivity index (χ2v) is 9.30. The summed E-state index contributed by atoms with van der Waals surface area (Å²) in [4.78, 5) is 24.8. The molecule has 0 radical (unpaired) electrons. The van der Waals surface area contributed by atoms with Crippen LogP contribution in [0.25, 0.3) is 0 Å². The van der Waals surface area contributed by atoms with E-state index in [1.807, 2.05) is 0 Å². The molecular formula is C17H23N3O5S2. The van der Waals surface area contributed by atoms with E-state index in [1.165, 1.54) is 29.0 Å². The fourth-order valence-electron chi connectivity index (χ4n) is 2.29. The molecule has 2 aromatic rings. The van der Waals surface area contributed by atoms with Gasteiger partial charge in [0.25, 0.3) is 11.8 Å². The molecule has 0 saturated heterocycles. The summed E-state index contributed by atoms with van der Waals surface area (Å²) in [7, 11) is -1.68. The summed E-state index contributed by atoms with van der Waals surface area (Å²) in [6.07, 6.45) is 1.92. The second kappa shape index (κ2) is 9.16. The Balaban J connectivity index is 1.86. The normalized spacial score (nSPS) is 11.6. The molecule has 8 nitrogen and oxygen atoms in total. The number of hydrogen-bond donors (Lipinski definition) is 2. The highest BCUT2D eigenvalue weighted by molar-refractivity contribution is 7.89. The molecule has 2 heterocycles. The van der Waals surface area contributed by atoms with Crippen LogP contribution < -0.4 is 10.6 Å². The van der Waals surface area contributed by atoms with Crippen molar-refractivity contribution in [2.24, 2.45) is 0 Å². The van der Waals surface area contributed by atoms with E-state index in [0.717, 1.165) is 5.56 Å². The summed E-state index contributed by atoms with van der Waals surface area (Å²) in [6.45, 7) is 4.07. The number of amides is 2. The monoisotopic (exact) mass is 413 g/mol. The smallest absolute Gasteiger partial charge is 0.291 e. The van der Waals surface area contributed by atoms with Crippen LogP contribution >= 0.6 is 11.3 Å². The van der Waals surface area contributed by atoms with E-state index in [2.05, 4.69) is 10.6 Å². The highest BCUT2D eigenvalue weighted by Gasteiger charge is 2.17. The van der Waals surface area contributed by atoms with E-state index in [4.69, 9.17) is 4.42 Å². The number of thiophene rings is 1. The van der Waals surface area contributed by atoms with E-state index in [9.17, 15) is 18.0 Å². The van der Waals surface area contributed by atoms with Gasteiger partial charge in [-0.25, -0.2) is 12.7 Å². The third-order valence-corrected chi connectivity index (χ3v) is 6.89. The number of nitrogens with zero attached hydrogens (tertiary/aromatic N) is 1. The van der Waals surface area contributed by atoms with Crippen LogP contribution in [0, 0.1) is 6.92 Å². The van der Waals surface area contributed by atoms with Gasteiger partial charge >= 0.3 is 0 Å². The van der Waals surface area contributed by atoms with Crippen LogP contribution in [0.3, 0.4) is 0 Å². The van der Waals surface area contributed by atoms with E-state index in [0.29, 0.717) is 29.4 Å². The molecule has 0 saturated carbocycles. The predicted molar refractivity (Wildman–Crippen MR) is 105 cm³/mol. The molecule has 0 aliphatic carbocycles. The fourth-order valence-corrected chi connectivity index (χ4v) is 4.13. The summed E-state index contributed by atoms with van der Waals surface area (Å²) < 4.78 is 29.7. The van der Waals surface area contributed by atoms with Crippen molar-refractivity contribution in [1.82, 2.24) is 9.62 Å². The zero-order valence-corrected chi connectivity index (χ0v) is 17.1. The van der Waals surface area contributed by atoms with Crippen molar-refractivity contribution < 1.29 is 22.4 Å². The molecular weight excluding hydrogens is 390 g/mol. The Hall–Kier alpha value is -2.17. The topological polar surface area (TPSA) is 109 Å². The zero-order chi connectivity index (χ0) is 20.0. The van der Waals surface area contributed by atoms with E-state index in [-0.39, 0.29) is 23.3 Å². The molecule has 27 heavy (non-hydrogen) atoms. The minimum absolute atomic E-state index is 0.0523. The Kier molecular flexibility index (Phi) is 7.17. The Morgan fingerprint density at radius 1 is 1.30 bits per heavy atom. The van der Waals surface area contributed by atoms with Gasteiger partial charge in [-0.05, 0) is 44.0 Å². The average Bonchev–Trinajstić information content (AvgIpc) is 3.28. The number of carbonyl (C=O) groups excluding carboxylic acids is 2. The highest BCUT2D eigenvalue weighted by Crippen LogP contribution is 2.27. The Bertz CT molecular complexity index is 888. The van der Waals surface area contributed by atoms with Crippen molar-refractivity contribution in [2.75, 3.05) is 31.2 Å². The van der Waals surface area contributed by atoms with E-state index < -0.39 is 10.0 Å². The van der Waals surface area contributed by atoms with Gasteiger partial charge in [-0.1, -0.05) is 0 Å². The molecule has 10 heteroatoms. The number of nitrogens with one attached hydrogen (secondary N) is 2. The van der Waals surface area contributed by atoms with Crippen molar-refractivity contribution in [3.63, 3.8) is 0 Å². The average molecular weight is 414 g/mol. The van der Waals surface area contributed by atoms with Crippen molar-refractivity contribution in [1.29, 1.82) is 0 Å². The van der Waals surface area contributed by atoms with Crippen LogP contribution in [0.15, 0.2) is 28.9 Å². The van der Waals surface area contributed by atoms with Crippen LogP contribution in [-0.2, 0) is 10.0 Å². The van der Waals surface area contributed by atoms with Crippen LogP contribution in [0.5, 0.6) is 0 Å². The van der Waals surface area contributed by atoms with Gasteiger partial charge < -0.3 is 15.1 Å². The third-order valence-electron chi connectivity index (χ3n) is 3.88. The molecule has 2 rings (SSSR count). The van der Waals surface area contributed by atoms with Gasteiger partial charge in [0.05, 0.1) is 21.9 Å². The first kappa shape index (κ1) is 21.1. The molecule has 0 unspecified atom stereocenters. The summed E-state index contributed by atoms with van der Waals surface area (Å²) in [5.41, 5.74) is 0.748. The van der Waals surface area contributed by atoms with Gasteiger partial charge in [-0.15, -0.1) is 11.3 Å². The third kappa shape index (κ3) is 5.65. The first-order chi connectivity index (χ1) is 12.7. The number of aryl methyl sites for hydroxylation is 1. The first-order valence-corrected chi connectivity index (χ1v) is 10.8. The summed E-state index contributed by atoms with van der Waals surface area (Å²) in [6, 6.07) is 4.90. The van der Waals surface area contributed by atoms with Crippen molar-refractivity contribution in [3.05, 3.63) is 40.7 Å². The maximum atomic E-state index is 12.3. The lowest BCUT2D eigenvalue weighted by molar-refractivity contribution is 0.0954. The molecule has 0 aliphatic rings. The minimum atomic E-state index is -3.21. The van der Waals surface area contributed by atoms with Crippen molar-refractivity contribution in [3.8, 4) is 0 Å². The lowest BCUT2D eigenvalue weighted by atomic mass is 10.2. The largest absolute Gasteiger partial charge is 0.459 e. The molecule has 0 aromatic carbocycles. The first-order valence-electron chi connectivity index (χ1n) is 8.42. The lowest BCUT2D eigenvalue weighted by Crippen LogP contribution is -2.32. The predicted octanol–water partition coefficient (Wildman–Crippen LogP) is 2.30.